The predicted molar refractivity (Wildman–Crippen MR) is 136 cm³/mol. The fourth-order valence-corrected chi connectivity index (χ4v) is 3.13. The van der Waals surface area contributed by atoms with E-state index in [-0.39, 0.29) is 23.6 Å². The summed E-state index contributed by atoms with van der Waals surface area (Å²) in [7, 11) is 0. The zero-order valence-electron chi connectivity index (χ0n) is 20.8. The van der Waals surface area contributed by atoms with Crippen LogP contribution in [-0.4, -0.2) is 79.3 Å². The Balaban J connectivity index is 2.18. The summed E-state index contributed by atoms with van der Waals surface area (Å²) in [5.41, 5.74) is 6.46. The molecule has 9 N–H and O–H groups in total. The molecule has 14 nitrogen and oxygen atoms in total. The largest absolute Gasteiger partial charge is 0.508 e. The molecule has 0 aliphatic heterocycles. The van der Waals surface area contributed by atoms with Gasteiger partial charge in [0.25, 0.3) is 0 Å². The summed E-state index contributed by atoms with van der Waals surface area (Å²) < 4.78 is 0. The number of aromatic nitrogens is 3. The van der Waals surface area contributed by atoms with Gasteiger partial charge in [0.1, 0.15) is 23.9 Å². The fourth-order valence-electron chi connectivity index (χ4n) is 3.13. The third-order valence-electron chi connectivity index (χ3n) is 5.28. The first-order valence-corrected chi connectivity index (χ1v) is 11.9. The first kappa shape index (κ1) is 29.0. The van der Waals surface area contributed by atoms with E-state index in [1.54, 1.807) is 24.3 Å². The van der Waals surface area contributed by atoms with Crippen molar-refractivity contribution in [3.8, 4) is 5.75 Å². The highest BCUT2D eigenvalue weighted by Crippen LogP contribution is 2.15. The molecule has 0 saturated heterocycles. The summed E-state index contributed by atoms with van der Waals surface area (Å²) in [5, 5.41) is 39.0. The minimum absolute atomic E-state index is 0.0126. The van der Waals surface area contributed by atoms with E-state index in [0.717, 1.165) is 5.56 Å². The first-order valence-electron chi connectivity index (χ1n) is 11.9. The molecule has 0 saturated carbocycles. The summed E-state index contributed by atoms with van der Waals surface area (Å²) >= 11 is 0. The van der Waals surface area contributed by atoms with Gasteiger partial charge in [-0.1, -0.05) is 12.1 Å². The van der Waals surface area contributed by atoms with Crippen molar-refractivity contribution in [2.45, 2.75) is 57.7 Å². The quantitative estimate of drug-likeness (QED) is 0.143. The Morgan fingerprint density at radius 3 is 2.11 bits per heavy atom. The third kappa shape index (κ3) is 10.1. The number of amides is 1. The number of unbranched alkanes of at least 4 members (excludes halogenated alkanes) is 1. The maximum absolute atomic E-state index is 12.4. The molecular weight excluding hydrogens is 484 g/mol. The van der Waals surface area contributed by atoms with Crippen molar-refractivity contribution in [2.75, 3.05) is 29.0 Å². The van der Waals surface area contributed by atoms with Crippen molar-refractivity contribution in [1.29, 1.82) is 0 Å². The fraction of sp³-hybridized carbons (Fsp3) is 0.478. The lowest BCUT2D eigenvalue weighted by Crippen LogP contribution is -2.45. The third-order valence-corrected chi connectivity index (χ3v) is 5.28. The van der Waals surface area contributed by atoms with Gasteiger partial charge in [-0.15, -0.1) is 0 Å². The smallest absolute Gasteiger partial charge is 0.326 e. The lowest BCUT2D eigenvalue weighted by atomic mass is 10.1. The minimum atomic E-state index is -1.18. The average Bonchev–Trinajstić information content (AvgIpc) is 2.84. The molecule has 3 unspecified atom stereocenters. The van der Waals surface area contributed by atoms with E-state index in [4.69, 9.17) is 10.8 Å². The number of hydrogen-bond donors (Lipinski definition) is 8. The summed E-state index contributed by atoms with van der Waals surface area (Å²) in [6.45, 7) is 3.71. The van der Waals surface area contributed by atoms with Crippen LogP contribution < -0.4 is 27.0 Å². The van der Waals surface area contributed by atoms with Crippen LogP contribution in [0.1, 0.15) is 38.7 Å². The number of aliphatic carboxylic acids is 2. The number of carboxylic acids is 2. The monoisotopic (exact) mass is 518 g/mol. The molecule has 0 fully saturated rings. The standard InChI is InChI=1S/C23H34N8O6/c1-13(18(33)26-14(2)19(34)35)27-22-29-21(25-12-10-15-6-8-16(32)9-7-15)30-23(31-22)28-17(20(36)37)5-3-4-11-24/h6-9,13-14,17,32H,3-5,10-12,24H2,1-2H3,(H,26,33)(H,34,35)(H,36,37)(H3,25,27,28,29,30,31). The number of anilines is 3. The van der Waals surface area contributed by atoms with Gasteiger partial charge >= 0.3 is 11.9 Å². The summed E-state index contributed by atoms with van der Waals surface area (Å²) in [6.07, 6.45) is 2.14. The number of benzene rings is 1. The number of nitrogens with zero attached hydrogens (tertiary/aromatic N) is 3. The molecule has 1 aromatic heterocycles. The number of rotatable bonds is 16. The molecule has 0 aliphatic rings. The van der Waals surface area contributed by atoms with E-state index < -0.39 is 36.0 Å². The Morgan fingerprint density at radius 1 is 0.892 bits per heavy atom. The van der Waals surface area contributed by atoms with Crippen molar-refractivity contribution in [3.63, 3.8) is 0 Å². The van der Waals surface area contributed by atoms with Gasteiger partial charge in [-0.3, -0.25) is 9.59 Å². The van der Waals surface area contributed by atoms with Gasteiger partial charge in [0.2, 0.25) is 23.8 Å². The Morgan fingerprint density at radius 2 is 1.51 bits per heavy atom. The van der Waals surface area contributed by atoms with E-state index in [2.05, 4.69) is 36.2 Å². The van der Waals surface area contributed by atoms with Crippen LogP contribution in [0, 0.1) is 0 Å². The average molecular weight is 519 g/mol. The second kappa shape index (κ2) is 14.4. The number of phenols is 1. The number of carboxylic acid groups (broad SMARTS) is 2. The highest BCUT2D eigenvalue weighted by Gasteiger charge is 2.22. The molecule has 37 heavy (non-hydrogen) atoms. The molecule has 0 bridgehead atoms. The van der Waals surface area contributed by atoms with E-state index in [9.17, 15) is 24.6 Å². The topological polar surface area (TPSA) is 225 Å². The van der Waals surface area contributed by atoms with Crippen LogP contribution >= 0.6 is 0 Å². The number of nitrogens with one attached hydrogen (secondary N) is 4. The van der Waals surface area contributed by atoms with Crippen LogP contribution in [-0.2, 0) is 20.8 Å². The zero-order valence-corrected chi connectivity index (χ0v) is 20.8. The van der Waals surface area contributed by atoms with Gasteiger partial charge in [-0.25, -0.2) is 4.79 Å². The number of aromatic hydroxyl groups is 1. The Kier molecular flexibility index (Phi) is 11.3. The summed E-state index contributed by atoms with van der Waals surface area (Å²) in [6, 6.07) is 3.76. The van der Waals surface area contributed by atoms with Crippen molar-refractivity contribution in [2.24, 2.45) is 5.73 Å². The van der Waals surface area contributed by atoms with Crippen molar-refractivity contribution >= 4 is 35.7 Å². The van der Waals surface area contributed by atoms with Crippen molar-refractivity contribution < 1.29 is 29.7 Å². The normalized spacial score (nSPS) is 13.2. The second-order valence-electron chi connectivity index (χ2n) is 8.40. The molecular formula is C23H34N8O6. The molecule has 1 amide bonds. The number of carbonyl (C=O) groups is 3. The number of nitrogens with two attached hydrogens (primary N) is 1. The molecule has 0 spiro atoms. The predicted octanol–water partition coefficient (Wildman–Crippen LogP) is 0.616. The van der Waals surface area contributed by atoms with Gasteiger partial charge in [-0.05, 0) is 63.8 Å². The molecule has 2 rings (SSSR count). The van der Waals surface area contributed by atoms with Crippen molar-refractivity contribution in [3.05, 3.63) is 29.8 Å². The van der Waals surface area contributed by atoms with E-state index >= 15 is 0 Å². The molecule has 0 radical (unpaired) electrons. The Hall–Kier alpha value is -4.20. The van der Waals surface area contributed by atoms with Gasteiger partial charge < -0.3 is 42.3 Å². The number of hydrogen-bond acceptors (Lipinski definition) is 11. The number of phenolic OH excluding ortho intramolecular Hbond substituents is 1. The van der Waals surface area contributed by atoms with Gasteiger partial charge in [0.05, 0.1) is 0 Å². The van der Waals surface area contributed by atoms with Crippen LogP contribution in [0.2, 0.25) is 0 Å². The first-order chi connectivity index (χ1) is 17.6. The van der Waals surface area contributed by atoms with Crippen molar-refractivity contribution in [1.82, 2.24) is 20.3 Å². The highest BCUT2D eigenvalue weighted by molar-refractivity contribution is 5.88. The van der Waals surface area contributed by atoms with Gasteiger partial charge in [0, 0.05) is 6.54 Å². The van der Waals surface area contributed by atoms with Crippen LogP contribution in [0.15, 0.2) is 24.3 Å². The summed E-state index contributed by atoms with van der Waals surface area (Å²) in [5.74, 6) is -2.58. The lowest BCUT2D eigenvalue weighted by Gasteiger charge is -2.18. The lowest BCUT2D eigenvalue weighted by molar-refractivity contribution is -0.141. The molecule has 3 atom stereocenters. The van der Waals surface area contributed by atoms with E-state index in [0.29, 0.717) is 38.8 Å². The molecule has 202 valence electrons. The molecule has 14 heteroatoms. The maximum atomic E-state index is 12.4. The molecule has 1 heterocycles. The number of carbonyl (C=O) groups excluding carboxylic acids is 1. The second-order valence-corrected chi connectivity index (χ2v) is 8.40. The van der Waals surface area contributed by atoms with Crippen LogP contribution in [0.25, 0.3) is 0 Å². The molecule has 1 aromatic carbocycles. The minimum Gasteiger partial charge on any atom is -0.508 e. The van der Waals surface area contributed by atoms with Crippen LogP contribution in [0.4, 0.5) is 17.8 Å². The van der Waals surface area contributed by atoms with Crippen LogP contribution in [0.5, 0.6) is 5.75 Å². The van der Waals surface area contributed by atoms with Gasteiger partial charge in [-0.2, -0.15) is 15.0 Å². The molecule has 0 aliphatic carbocycles. The highest BCUT2D eigenvalue weighted by atomic mass is 16.4. The Bertz CT molecular complexity index is 1050. The van der Waals surface area contributed by atoms with Gasteiger partial charge in [0.15, 0.2) is 0 Å². The molecule has 2 aromatic rings. The summed E-state index contributed by atoms with van der Waals surface area (Å²) in [4.78, 5) is 47.8. The SMILES string of the molecule is CC(NC(=O)C(C)Nc1nc(NCCc2ccc(O)cc2)nc(NC(CCCCN)C(=O)O)n1)C(=O)O. The van der Waals surface area contributed by atoms with E-state index in [1.165, 1.54) is 13.8 Å². The maximum Gasteiger partial charge on any atom is 0.326 e. The van der Waals surface area contributed by atoms with Crippen LogP contribution in [0.3, 0.4) is 0 Å². The zero-order chi connectivity index (χ0) is 27.4. The van der Waals surface area contributed by atoms with E-state index in [1.807, 2.05) is 0 Å². The Labute approximate surface area is 214 Å².